The van der Waals surface area contributed by atoms with E-state index in [4.69, 9.17) is 14.6 Å². The van der Waals surface area contributed by atoms with Crippen LogP contribution in [0.3, 0.4) is 0 Å². The van der Waals surface area contributed by atoms with Crippen LogP contribution in [0.2, 0.25) is 0 Å². The fraction of sp³-hybridized carbons (Fsp3) is 0.317. The number of halogens is 1. The summed E-state index contributed by atoms with van der Waals surface area (Å²) in [6.07, 6.45) is 9.34. The third kappa shape index (κ3) is 8.43. The van der Waals surface area contributed by atoms with Crippen molar-refractivity contribution in [1.82, 2.24) is 19.7 Å². The molecule has 1 aliphatic carbocycles. The van der Waals surface area contributed by atoms with Crippen LogP contribution in [-0.4, -0.2) is 68.7 Å². The number of piperidine rings is 1. The zero-order valence-corrected chi connectivity index (χ0v) is 30.3. The number of pyridine rings is 1. The van der Waals surface area contributed by atoms with Gasteiger partial charge < -0.3 is 30.1 Å². The lowest BCUT2D eigenvalue weighted by Crippen LogP contribution is -2.39. The van der Waals surface area contributed by atoms with Crippen LogP contribution in [0.5, 0.6) is 17.2 Å². The molecule has 3 aromatic carbocycles. The van der Waals surface area contributed by atoms with Crippen LogP contribution in [0.15, 0.2) is 85.3 Å². The Bertz CT molecular complexity index is 2210. The van der Waals surface area contributed by atoms with E-state index in [9.17, 15) is 23.6 Å². The average Bonchev–Trinajstić information content (AvgIpc) is 3.87. The Kier molecular flexibility index (Phi) is 10.7. The Morgan fingerprint density at radius 2 is 1.55 bits per heavy atom. The van der Waals surface area contributed by atoms with Crippen LogP contribution in [0, 0.1) is 11.2 Å². The molecule has 0 spiro atoms. The number of nitrogens with one attached hydrogen (secondary N) is 2. The van der Waals surface area contributed by atoms with E-state index >= 15 is 0 Å². The number of methoxy groups -OCH3 is 1. The number of aliphatic carboxylic acids is 1. The normalized spacial score (nSPS) is 15.0. The molecule has 5 aromatic rings. The van der Waals surface area contributed by atoms with Crippen LogP contribution in [0.4, 0.5) is 15.8 Å². The summed E-state index contributed by atoms with van der Waals surface area (Å²) in [7, 11) is 1.60. The van der Waals surface area contributed by atoms with E-state index in [-0.39, 0.29) is 18.4 Å². The number of hydrogen-bond donors (Lipinski definition) is 3. The minimum Gasteiger partial charge on any atom is -0.496 e. The second-order valence-electron chi connectivity index (χ2n) is 13.9. The Morgan fingerprint density at radius 1 is 0.891 bits per heavy atom. The number of rotatable bonds is 14. The first-order valence-corrected chi connectivity index (χ1v) is 18.3. The van der Waals surface area contributed by atoms with Crippen LogP contribution < -0.4 is 20.1 Å². The maximum atomic E-state index is 13.3. The molecule has 3 amide bonds. The Labute approximate surface area is 316 Å². The van der Waals surface area contributed by atoms with E-state index in [1.165, 1.54) is 24.3 Å². The Hall–Kier alpha value is -6.31. The summed E-state index contributed by atoms with van der Waals surface area (Å²) >= 11 is 0. The second-order valence-corrected chi connectivity index (χ2v) is 13.9. The monoisotopic (exact) mass is 748 g/mol. The SMILES string of the molecule is COc1cc2c(Oc3ccc(NC(=O)C4(C(=O)Nc5ccc(F)cc5)CC4)cc3)ccnc2cc1-c1cnn(C2CCN(C(=O)CCCCC(=O)O)CC2)c1. The molecule has 13 nitrogen and oxygen atoms in total. The fourth-order valence-corrected chi connectivity index (χ4v) is 6.85. The van der Waals surface area contributed by atoms with Gasteiger partial charge in [-0.05, 0) is 105 Å². The van der Waals surface area contributed by atoms with E-state index in [1.54, 1.807) is 49.8 Å². The molecular formula is C41H41FN6O7. The van der Waals surface area contributed by atoms with E-state index in [1.807, 2.05) is 27.9 Å². The van der Waals surface area contributed by atoms with E-state index in [0.717, 1.165) is 29.4 Å². The fourth-order valence-electron chi connectivity index (χ4n) is 6.85. The van der Waals surface area contributed by atoms with Crippen molar-refractivity contribution in [3.05, 3.63) is 91.1 Å². The summed E-state index contributed by atoms with van der Waals surface area (Å²) in [5.74, 6) is -0.329. The van der Waals surface area contributed by atoms with Gasteiger partial charge in [0, 0.05) is 66.2 Å². The molecule has 1 saturated carbocycles. The van der Waals surface area contributed by atoms with E-state index in [0.29, 0.717) is 79.3 Å². The maximum absolute atomic E-state index is 13.3. The summed E-state index contributed by atoms with van der Waals surface area (Å²) in [6.45, 7) is 1.25. The Balaban J connectivity index is 0.978. The zero-order valence-electron chi connectivity index (χ0n) is 30.3. The molecule has 284 valence electrons. The maximum Gasteiger partial charge on any atom is 0.303 e. The van der Waals surface area contributed by atoms with Gasteiger partial charge in [0.2, 0.25) is 17.7 Å². The first-order chi connectivity index (χ1) is 26.6. The van der Waals surface area contributed by atoms with Gasteiger partial charge in [-0.25, -0.2) is 4.39 Å². The number of nitrogens with zero attached hydrogens (tertiary/aromatic N) is 4. The highest BCUT2D eigenvalue weighted by Gasteiger charge is 2.56. The number of carboxylic acid groups (broad SMARTS) is 1. The molecule has 55 heavy (non-hydrogen) atoms. The highest BCUT2D eigenvalue weighted by atomic mass is 19.1. The molecule has 0 atom stereocenters. The van der Waals surface area contributed by atoms with Crippen molar-refractivity contribution in [2.45, 2.75) is 57.4 Å². The summed E-state index contributed by atoms with van der Waals surface area (Å²) in [4.78, 5) is 55.9. The second kappa shape index (κ2) is 16.0. The molecule has 2 fully saturated rings. The minimum atomic E-state index is -1.18. The topological polar surface area (TPSA) is 165 Å². The molecule has 0 bridgehead atoms. The number of likely N-dealkylation sites (tertiary alicyclic amines) is 1. The first-order valence-electron chi connectivity index (χ1n) is 18.3. The molecule has 2 aliphatic rings. The number of carbonyl (C=O) groups excluding carboxylic acids is 3. The van der Waals surface area contributed by atoms with Crippen molar-refractivity contribution in [3.63, 3.8) is 0 Å². The van der Waals surface area contributed by atoms with Crippen molar-refractivity contribution >= 4 is 46.0 Å². The highest BCUT2D eigenvalue weighted by Crippen LogP contribution is 2.47. The standard InChI is InChI=1S/C41H41FN6O7/c1-54-36-23-33-34(22-32(36)26-24-44-48(25-26)30-15-20-47(21-16-30)37(49)4-2-3-5-38(50)51)43-19-14-35(33)55-31-12-10-29(11-13-31)46-40(53)41(17-18-41)39(52)45-28-8-6-27(42)7-9-28/h6-14,19,22-25,30H,2-5,15-18,20-21H2,1H3,(H,45,52)(H,46,53)(H,50,51). The molecule has 3 heterocycles. The molecule has 14 heteroatoms. The predicted octanol–water partition coefficient (Wildman–Crippen LogP) is 7.20. The number of aromatic nitrogens is 3. The summed E-state index contributed by atoms with van der Waals surface area (Å²) in [6, 6.07) is 18.0. The average molecular weight is 749 g/mol. The summed E-state index contributed by atoms with van der Waals surface area (Å²) in [5, 5.41) is 19.8. The van der Waals surface area contributed by atoms with Crippen LogP contribution >= 0.6 is 0 Å². The van der Waals surface area contributed by atoms with Gasteiger partial charge in [0.05, 0.1) is 24.9 Å². The van der Waals surface area contributed by atoms with Crippen molar-refractivity contribution < 1.29 is 38.1 Å². The smallest absolute Gasteiger partial charge is 0.303 e. The molecule has 0 radical (unpaired) electrons. The lowest BCUT2D eigenvalue weighted by molar-refractivity contribution is -0.138. The van der Waals surface area contributed by atoms with Crippen LogP contribution in [0.25, 0.3) is 22.0 Å². The number of unbranched alkanes of at least 4 members (excludes halogenated alkanes) is 1. The molecule has 7 rings (SSSR count). The number of amides is 3. The lowest BCUT2D eigenvalue weighted by atomic mass is 10.0. The van der Waals surface area contributed by atoms with Crippen LogP contribution in [0.1, 0.15) is 57.4 Å². The quantitative estimate of drug-likeness (QED) is 0.0787. The molecule has 1 saturated heterocycles. The number of hydrogen-bond acceptors (Lipinski definition) is 8. The van der Waals surface area contributed by atoms with Crippen molar-refractivity contribution in [3.8, 4) is 28.4 Å². The van der Waals surface area contributed by atoms with E-state index < -0.39 is 29.0 Å². The number of carbonyl (C=O) groups is 4. The molecule has 1 aliphatic heterocycles. The van der Waals surface area contributed by atoms with Crippen LogP contribution in [-0.2, 0) is 19.2 Å². The summed E-state index contributed by atoms with van der Waals surface area (Å²) in [5.41, 5.74) is 2.12. The summed E-state index contributed by atoms with van der Waals surface area (Å²) < 4.78 is 27.3. The molecular weight excluding hydrogens is 707 g/mol. The lowest BCUT2D eigenvalue weighted by Gasteiger charge is -2.32. The first kappa shape index (κ1) is 37.0. The number of carboxylic acids is 1. The Morgan fingerprint density at radius 3 is 2.18 bits per heavy atom. The third-order valence-electron chi connectivity index (χ3n) is 10.2. The van der Waals surface area contributed by atoms with Crippen molar-refractivity contribution in [1.29, 1.82) is 0 Å². The van der Waals surface area contributed by atoms with Gasteiger partial charge in [-0.2, -0.15) is 5.10 Å². The van der Waals surface area contributed by atoms with Gasteiger partial charge in [0.15, 0.2) is 0 Å². The number of anilines is 2. The van der Waals surface area contributed by atoms with Gasteiger partial charge in [-0.3, -0.25) is 28.8 Å². The minimum absolute atomic E-state index is 0.0674. The molecule has 3 N–H and O–H groups in total. The number of ether oxygens (including phenoxy) is 2. The highest BCUT2D eigenvalue weighted by molar-refractivity contribution is 6.16. The van der Waals surface area contributed by atoms with E-state index in [2.05, 4.69) is 20.7 Å². The van der Waals surface area contributed by atoms with Gasteiger partial charge in [-0.15, -0.1) is 0 Å². The van der Waals surface area contributed by atoms with Gasteiger partial charge in [0.1, 0.15) is 28.5 Å². The predicted molar refractivity (Wildman–Crippen MR) is 202 cm³/mol. The third-order valence-corrected chi connectivity index (χ3v) is 10.2. The number of benzene rings is 3. The van der Waals surface area contributed by atoms with Gasteiger partial charge in [0.25, 0.3) is 0 Å². The van der Waals surface area contributed by atoms with Crippen molar-refractivity contribution in [2.75, 3.05) is 30.8 Å². The van der Waals surface area contributed by atoms with Crippen molar-refractivity contribution in [2.24, 2.45) is 5.41 Å². The van der Waals surface area contributed by atoms with Gasteiger partial charge in [-0.1, -0.05) is 0 Å². The molecule has 2 aromatic heterocycles. The molecule has 0 unspecified atom stereocenters. The van der Waals surface area contributed by atoms with Gasteiger partial charge >= 0.3 is 5.97 Å². The number of fused-ring (bicyclic) bond motifs is 1. The largest absolute Gasteiger partial charge is 0.496 e. The zero-order chi connectivity index (χ0) is 38.5.